The maximum atomic E-state index is 12.2. The molecule has 27 heavy (non-hydrogen) atoms. The number of halogens is 1. The van der Waals surface area contributed by atoms with Crippen molar-refractivity contribution in [3.63, 3.8) is 0 Å². The minimum Gasteiger partial charge on any atom is -0.489 e. The lowest BCUT2D eigenvalue weighted by molar-refractivity contribution is -0.384. The number of nitrogens with zero attached hydrogens (tertiary/aromatic N) is 2. The maximum absolute atomic E-state index is 12.2. The Kier molecular flexibility index (Phi) is 6.13. The van der Waals surface area contributed by atoms with Gasteiger partial charge in [0, 0.05) is 38.1 Å². The number of hydrogen-bond acceptors (Lipinski definition) is 5. The van der Waals surface area contributed by atoms with Crippen molar-refractivity contribution in [2.45, 2.75) is 25.6 Å². The fourth-order valence-corrected chi connectivity index (χ4v) is 3.06. The van der Waals surface area contributed by atoms with Crippen LogP contribution >= 0.6 is 11.6 Å². The molecule has 0 spiro atoms. The van der Waals surface area contributed by atoms with E-state index in [0.29, 0.717) is 31.7 Å². The summed E-state index contributed by atoms with van der Waals surface area (Å²) in [6, 6.07) is 13.6. The number of carbonyl (C=O) groups excluding carboxylic acids is 1. The summed E-state index contributed by atoms with van der Waals surface area (Å²) in [6.45, 7) is 1.28. The number of hydrogen-bond donors (Lipinski definition) is 0. The van der Waals surface area contributed by atoms with Gasteiger partial charge in [-0.25, -0.2) is 4.79 Å². The first-order valence-electron chi connectivity index (χ1n) is 8.59. The topological polar surface area (TPSA) is 81.9 Å². The first kappa shape index (κ1) is 19.0. The minimum absolute atomic E-state index is 0.0802. The van der Waals surface area contributed by atoms with Crippen LogP contribution in [0.1, 0.15) is 18.4 Å². The predicted octanol–water partition coefficient (Wildman–Crippen LogP) is 4.43. The molecule has 0 atom stereocenters. The Morgan fingerprint density at radius 3 is 2.52 bits per heavy atom. The van der Waals surface area contributed by atoms with Gasteiger partial charge >= 0.3 is 6.09 Å². The van der Waals surface area contributed by atoms with Crippen LogP contribution in [0.5, 0.6) is 5.75 Å². The van der Waals surface area contributed by atoms with Crippen molar-refractivity contribution >= 4 is 23.4 Å². The van der Waals surface area contributed by atoms with E-state index >= 15 is 0 Å². The SMILES string of the molecule is O=C(OCc1ccccc1)N1CCC(Oc2ccc([N+](=O)[O-])cc2Cl)CC1. The number of nitro groups is 1. The molecule has 0 bridgehead atoms. The van der Waals surface area contributed by atoms with E-state index in [9.17, 15) is 14.9 Å². The van der Waals surface area contributed by atoms with Gasteiger partial charge in [-0.1, -0.05) is 41.9 Å². The summed E-state index contributed by atoms with van der Waals surface area (Å²) in [5, 5.41) is 11.0. The van der Waals surface area contributed by atoms with Gasteiger partial charge in [-0.15, -0.1) is 0 Å². The van der Waals surface area contributed by atoms with Crippen molar-refractivity contribution in [3.05, 3.63) is 69.2 Å². The number of nitro benzene ring substituents is 1. The molecule has 0 aliphatic carbocycles. The highest BCUT2D eigenvalue weighted by Crippen LogP contribution is 2.30. The molecule has 2 aromatic carbocycles. The number of carbonyl (C=O) groups is 1. The highest BCUT2D eigenvalue weighted by Gasteiger charge is 2.25. The summed E-state index contributed by atoms with van der Waals surface area (Å²) in [7, 11) is 0. The molecule has 0 saturated carbocycles. The van der Waals surface area contributed by atoms with Crippen LogP contribution in [0.25, 0.3) is 0 Å². The van der Waals surface area contributed by atoms with E-state index in [1.54, 1.807) is 4.90 Å². The van der Waals surface area contributed by atoms with Gasteiger partial charge in [-0.3, -0.25) is 10.1 Å². The van der Waals surface area contributed by atoms with Gasteiger partial charge in [0.2, 0.25) is 0 Å². The normalized spacial score (nSPS) is 14.6. The summed E-state index contributed by atoms with van der Waals surface area (Å²) in [4.78, 5) is 24.1. The van der Waals surface area contributed by atoms with Crippen LogP contribution in [0, 0.1) is 10.1 Å². The second-order valence-electron chi connectivity index (χ2n) is 6.22. The van der Waals surface area contributed by atoms with Crippen LogP contribution in [0.4, 0.5) is 10.5 Å². The predicted molar refractivity (Wildman–Crippen MR) is 100.0 cm³/mol. The molecular formula is C19H19ClN2O5. The van der Waals surface area contributed by atoms with Gasteiger partial charge in [0.25, 0.3) is 5.69 Å². The van der Waals surface area contributed by atoms with Crippen LogP contribution in [0.15, 0.2) is 48.5 Å². The first-order valence-corrected chi connectivity index (χ1v) is 8.97. The van der Waals surface area contributed by atoms with Crippen molar-refractivity contribution in [3.8, 4) is 5.75 Å². The van der Waals surface area contributed by atoms with E-state index in [-0.39, 0.29) is 29.5 Å². The maximum Gasteiger partial charge on any atom is 0.410 e. The molecule has 3 rings (SSSR count). The molecule has 1 aliphatic heterocycles. The number of rotatable bonds is 5. The third-order valence-electron chi connectivity index (χ3n) is 4.33. The number of benzene rings is 2. The zero-order valence-electron chi connectivity index (χ0n) is 14.5. The van der Waals surface area contributed by atoms with Crippen molar-refractivity contribution in [1.29, 1.82) is 0 Å². The highest BCUT2D eigenvalue weighted by molar-refractivity contribution is 6.32. The second kappa shape index (κ2) is 8.73. The van der Waals surface area contributed by atoms with Crippen molar-refractivity contribution in [2.75, 3.05) is 13.1 Å². The molecular weight excluding hydrogens is 372 g/mol. The van der Waals surface area contributed by atoms with Crippen LogP contribution < -0.4 is 4.74 Å². The molecule has 0 N–H and O–H groups in total. The van der Waals surface area contributed by atoms with Crippen LogP contribution in [0.2, 0.25) is 5.02 Å². The molecule has 0 unspecified atom stereocenters. The third kappa shape index (κ3) is 5.10. The van der Waals surface area contributed by atoms with E-state index in [1.807, 2.05) is 30.3 Å². The molecule has 2 aromatic rings. The smallest absolute Gasteiger partial charge is 0.410 e. The van der Waals surface area contributed by atoms with Gasteiger partial charge in [-0.05, 0) is 11.6 Å². The van der Waals surface area contributed by atoms with Gasteiger partial charge in [-0.2, -0.15) is 0 Å². The number of piperidine rings is 1. The van der Waals surface area contributed by atoms with E-state index in [1.165, 1.54) is 18.2 Å². The second-order valence-corrected chi connectivity index (χ2v) is 6.62. The summed E-state index contributed by atoms with van der Waals surface area (Å²) in [5.41, 5.74) is 0.861. The first-order chi connectivity index (χ1) is 13.0. The molecule has 0 aromatic heterocycles. The average Bonchev–Trinajstić information content (AvgIpc) is 2.69. The summed E-state index contributed by atoms with van der Waals surface area (Å²) in [6.07, 6.45) is 0.814. The van der Waals surface area contributed by atoms with E-state index < -0.39 is 4.92 Å². The zero-order chi connectivity index (χ0) is 19.2. The van der Waals surface area contributed by atoms with Crippen molar-refractivity contribution in [1.82, 2.24) is 4.90 Å². The molecule has 1 amide bonds. The fraction of sp³-hybridized carbons (Fsp3) is 0.316. The van der Waals surface area contributed by atoms with Gasteiger partial charge in [0.1, 0.15) is 18.5 Å². The van der Waals surface area contributed by atoms with Crippen LogP contribution in [-0.2, 0) is 11.3 Å². The van der Waals surface area contributed by atoms with Crippen molar-refractivity contribution < 1.29 is 19.2 Å². The highest BCUT2D eigenvalue weighted by atomic mass is 35.5. The van der Waals surface area contributed by atoms with E-state index in [4.69, 9.17) is 21.1 Å². The molecule has 1 fully saturated rings. The molecule has 1 saturated heterocycles. The van der Waals surface area contributed by atoms with E-state index in [0.717, 1.165) is 5.56 Å². The average molecular weight is 391 g/mol. The summed E-state index contributed by atoms with van der Waals surface area (Å²) >= 11 is 6.06. The Balaban J connectivity index is 1.47. The Bertz CT molecular complexity index is 807. The molecule has 0 radical (unpaired) electrons. The molecule has 142 valence electrons. The molecule has 7 nitrogen and oxygen atoms in total. The monoisotopic (exact) mass is 390 g/mol. The molecule has 1 aliphatic rings. The number of ether oxygens (including phenoxy) is 2. The van der Waals surface area contributed by atoms with Crippen LogP contribution in [-0.4, -0.2) is 35.1 Å². The number of amides is 1. The lowest BCUT2D eigenvalue weighted by Crippen LogP contribution is -2.42. The standard InChI is InChI=1S/C19H19ClN2O5/c20-17-12-15(22(24)25)6-7-18(17)27-16-8-10-21(11-9-16)19(23)26-13-14-4-2-1-3-5-14/h1-7,12,16H,8-11,13H2. The van der Waals surface area contributed by atoms with Gasteiger partial charge in [0.05, 0.1) is 9.95 Å². The molecule has 8 heteroatoms. The van der Waals surface area contributed by atoms with Gasteiger partial charge < -0.3 is 14.4 Å². The fourth-order valence-electron chi connectivity index (χ4n) is 2.85. The lowest BCUT2D eigenvalue weighted by atomic mass is 10.1. The Hall–Kier alpha value is -2.80. The Labute approximate surface area is 161 Å². The zero-order valence-corrected chi connectivity index (χ0v) is 15.3. The minimum atomic E-state index is -0.505. The third-order valence-corrected chi connectivity index (χ3v) is 4.62. The molecule has 1 heterocycles. The Morgan fingerprint density at radius 1 is 1.19 bits per heavy atom. The van der Waals surface area contributed by atoms with Gasteiger partial charge in [0.15, 0.2) is 0 Å². The lowest BCUT2D eigenvalue weighted by Gasteiger charge is -2.31. The summed E-state index contributed by atoms with van der Waals surface area (Å²) in [5.74, 6) is 0.410. The largest absolute Gasteiger partial charge is 0.489 e. The Morgan fingerprint density at radius 2 is 1.89 bits per heavy atom. The van der Waals surface area contributed by atoms with Crippen LogP contribution in [0.3, 0.4) is 0 Å². The number of likely N-dealkylation sites (tertiary alicyclic amines) is 1. The summed E-state index contributed by atoms with van der Waals surface area (Å²) < 4.78 is 11.2. The quantitative estimate of drug-likeness (QED) is 0.557. The van der Waals surface area contributed by atoms with E-state index in [2.05, 4.69) is 0 Å². The van der Waals surface area contributed by atoms with Crippen molar-refractivity contribution in [2.24, 2.45) is 0 Å². The number of non-ortho nitro benzene ring substituents is 1.